The van der Waals surface area contributed by atoms with Crippen molar-refractivity contribution < 1.29 is 8.42 Å². The Hall–Kier alpha value is -2.05. The summed E-state index contributed by atoms with van der Waals surface area (Å²) in [7, 11) is -3.61. The van der Waals surface area contributed by atoms with Gasteiger partial charge < -0.3 is 0 Å². The van der Waals surface area contributed by atoms with Crippen LogP contribution in [0, 0.1) is 11.8 Å². The second kappa shape index (κ2) is 9.67. The molecule has 7 heteroatoms. The fourth-order valence-electron chi connectivity index (χ4n) is 5.92. The predicted molar refractivity (Wildman–Crippen MR) is 136 cm³/mol. The Labute approximate surface area is 201 Å². The maximum atomic E-state index is 14.1. The molecular weight excluding hydrogens is 454 g/mol. The summed E-state index contributed by atoms with van der Waals surface area (Å²) in [5.41, 5.74) is 1.54. The van der Waals surface area contributed by atoms with Crippen molar-refractivity contribution in [1.82, 2.24) is 9.78 Å². The summed E-state index contributed by atoms with van der Waals surface area (Å²) >= 11 is 6.10. The molecule has 0 amide bonds. The van der Waals surface area contributed by atoms with Crippen molar-refractivity contribution in [1.29, 1.82) is 0 Å². The SMILES string of the molecule is O=S(=O)(Nc1c2ccccc2nn1-c1ccc(Cl)cc1)C(C1CCCCC1)C1CCCCC1. The largest absolute Gasteiger partial charge is 0.266 e. The lowest BCUT2D eigenvalue weighted by atomic mass is 9.77. The van der Waals surface area contributed by atoms with Crippen molar-refractivity contribution in [3.63, 3.8) is 0 Å². The number of nitrogens with zero attached hydrogens (tertiary/aromatic N) is 2. The molecule has 5 nitrogen and oxygen atoms in total. The summed E-state index contributed by atoms with van der Waals surface area (Å²) < 4.78 is 33.0. The highest BCUT2D eigenvalue weighted by atomic mass is 35.5. The van der Waals surface area contributed by atoms with Crippen LogP contribution >= 0.6 is 11.6 Å². The van der Waals surface area contributed by atoms with E-state index in [1.54, 1.807) is 16.8 Å². The maximum Gasteiger partial charge on any atom is 0.237 e. The van der Waals surface area contributed by atoms with Crippen LogP contribution in [0.2, 0.25) is 5.02 Å². The van der Waals surface area contributed by atoms with Crippen LogP contribution in [-0.4, -0.2) is 23.4 Å². The molecule has 0 bridgehead atoms. The third-order valence-electron chi connectivity index (χ3n) is 7.48. The van der Waals surface area contributed by atoms with Crippen LogP contribution in [0.5, 0.6) is 0 Å². The Balaban J connectivity index is 1.56. The zero-order valence-electron chi connectivity index (χ0n) is 18.9. The normalized spacial score (nSPS) is 18.7. The molecule has 1 heterocycles. The molecule has 1 aromatic heterocycles. The smallest absolute Gasteiger partial charge is 0.237 e. The lowest BCUT2D eigenvalue weighted by molar-refractivity contribution is 0.247. The number of benzene rings is 2. The molecule has 0 atom stereocenters. The van der Waals surface area contributed by atoms with Gasteiger partial charge in [0.15, 0.2) is 5.82 Å². The van der Waals surface area contributed by atoms with Crippen molar-refractivity contribution in [2.75, 3.05) is 4.72 Å². The lowest BCUT2D eigenvalue weighted by Crippen LogP contribution is -2.42. The molecule has 0 unspecified atom stereocenters. The van der Waals surface area contributed by atoms with Gasteiger partial charge in [-0.15, -0.1) is 0 Å². The molecule has 1 N–H and O–H groups in total. The van der Waals surface area contributed by atoms with Crippen LogP contribution in [0.25, 0.3) is 16.6 Å². The van der Waals surface area contributed by atoms with Gasteiger partial charge in [-0.05, 0) is 73.9 Å². The Morgan fingerprint density at radius 1 is 0.848 bits per heavy atom. The average molecular weight is 486 g/mol. The predicted octanol–water partition coefficient (Wildman–Crippen LogP) is 6.95. The summed E-state index contributed by atoms with van der Waals surface area (Å²) in [5.74, 6) is 0.986. The van der Waals surface area contributed by atoms with Crippen molar-refractivity contribution in [2.24, 2.45) is 11.8 Å². The zero-order chi connectivity index (χ0) is 22.8. The topological polar surface area (TPSA) is 64.0 Å². The molecule has 2 aliphatic carbocycles. The Bertz CT molecular complexity index is 1180. The Morgan fingerprint density at radius 3 is 2.03 bits per heavy atom. The third-order valence-corrected chi connectivity index (χ3v) is 9.69. The van der Waals surface area contributed by atoms with Crippen LogP contribution in [0.15, 0.2) is 48.5 Å². The third kappa shape index (κ3) is 4.78. The highest BCUT2D eigenvalue weighted by Crippen LogP contribution is 2.40. The summed E-state index contributed by atoms with van der Waals surface area (Å²) in [4.78, 5) is 0. The minimum Gasteiger partial charge on any atom is -0.266 e. The van der Waals surface area contributed by atoms with Gasteiger partial charge in [0.2, 0.25) is 10.0 Å². The molecule has 2 saturated carbocycles. The Kier molecular flexibility index (Phi) is 6.66. The second-order valence-electron chi connectivity index (χ2n) is 9.66. The second-order valence-corrected chi connectivity index (χ2v) is 11.9. The quantitative estimate of drug-likeness (QED) is 0.410. The number of fused-ring (bicyclic) bond motifs is 1. The van der Waals surface area contributed by atoms with Gasteiger partial charge in [0.25, 0.3) is 0 Å². The standard InChI is InChI=1S/C26H32ClN3O2S/c27-21-15-17-22(18-16-21)30-26(23-13-7-8-14-24(23)28-30)29-33(31,32)25(19-9-3-1-4-10-19)20-11-5-2-6-12-20/h7-8,13-20,25,29H,1-6,9-12H2. The van der Waals surface area contributed by atoms with E-state index in [0.717, 1.165) is 68.0 Å². The Morgan fingerprint density at radius 2 is 1.42 bits per heavy atom. The number of nitrogens with one attached hydrogen (secondary N) is 1. The van der Waals surface area contributed by atoms with E-state index in [2.05, 4.69) is 4.72 Å². The van der Waals surface area contributed by atoms with Crippen LogP contribution < -0.4 is 4.72 Å². The zero-order valence-corrected chi connectivity index (χ0v) is 20.5. The van der Waals surface area contributed by atoms with Crippen molar-refractivity contribution in [2.45, 2.75) is 69.5 Å². The molecule has 0 aliphatic heterocycles. The van der Waals surface area contributed by atoms with Crippen LogP contribution in [-0.2, 0) is 10.0 Å². The van der Waals surface area contributed by atoms with Gasteiger partial charge in [-0.3, -0.25) is 4.72 Å². The van der Waals surface area contributed by atoms with E-state index in [0.29, 0.717) is 10.8 Å². The molecule has 2 aliphatic rings. The number of halogens is 1. The molecule has 33 heavy (non-hydrogen) atoms. The number of hydrogen-bond donors (Lipinski definition) is 1. The van der Waals surface area contributed by atoms with E-state index in [4.69, 9.17) is 16.7 Å². The highest BCUT2D eigenvalue weighted by molar-refractivity contribution is 7.93. The molecule has 0 radical (unpaired) electrons. The number of hydrogen-bond acceptors (Lipinski definition) is 3. The molecule has 0 spiro atoms. The first kappa shape index (κ1) is 22.7. The molecule has 3 aromatic rings. The van der Waals surface area contributed by atoms with E-state index in [-0.39, 0.29) is 17.1 Å². The number of sulfonamides is 1. The first-order valence-corrected chi connectivity index (χ1v) is 14.2. The molecule has 0 saturated heterocycles. The molecule has 5 rings (SSSR count). The van der Waals surface area contributed by atoms with E-state index in [1.165, 1.54) is 12.8 Å². The highest BCUT2D eigenvalue weighted by Gasteiger charge is 2.41. The van der Waals surface area contributed by atoms with Gasteiger partial charge in [0.1, 0.15) is 0 Å². The van der Waals surface area contributed by atoms with Gasteiger partial charge in [0, 0.05) is 10.4 Å². The lowest BCUT2D eigenvalue weighted by Gasteiger charge is -2.37. The minimum atomic E-state index is -3.61. The van der Waals surface area contributed by atoms with Crippen molar-refractivity contribution in [3.05, 3.63) is 53.6 Å². The van der Waals surface area contributed by atoms with Crippen LogP contribution in [0.3, 0.4) is 0 Å². The maximum absolute atomic E-state index is 14.1. The number of rotatable bonds is 6. The van der Waals surface area contributed by atoms with Gasteiger partial charge in [-0.2, -0.15) is 5.10 Å². The first-order chi connectivity index (χ1) is 16.0. The molecule has 176 valence electrons. The summed E-state index contributed by atoms with van der Waals surface area (Å²) in [5, 5.41) is 5.82. The van der Waals surface area contributed by atoms with E-state index in [9.17, 15) is 8.42 Å². The van der Waals surface area contributed by atoms with E-state index >= 15 is 0 Å². The monoisotopic (exact) mass is 485 g/mol. The van der Waals surface area contributed by atoms with Crippen LogP contribution in [0.4, 0.5) is 5.82 Å². The van der Waals surface area contributed by atoms with Crippen molar-refractivity contribution >= 4 is 38.3 Å². The summed E-state index contributed by atoms with van der Waals surface area (Å²) in [6, 6.07) is 15.0. The summed E-state index contributed by atoms with van der Waals surface area (Å²) in [6.07, 6.45) is 11.0. The fourth-order valence-corrected chi connectivity index (χ4v) is 8.21. The minimum absolute atomic E-state index is 0.234. The number of aromatic nitrogens is 2. The van der Waals surface area contributed by atoms with Gasteiger partial charge in [-0.1, -0.05) is 62.3 Å². The van der Waals surface area contributed by atoms with Gasteiger partial charge in [-0.25, -0.2) is 13.1 Å². The van der Waals surface area contributed by atoms with E-state index in [1.807, 2.05) is 36.4 Å². The summed E-state index contributed by atoms with van der Waals surface area (Å²) in [6.45, 7) is 0. The molecular formula is C26H32ClN3O2S. The first-order valence-electron chi connectivity index (χ1n) is 12.3. The fraction of sp³-hybridized carbons (Fsp3) is 0.500. The van der Waals surface area contributed by atoms with Gasteiger partial charge >= 0.3 is 0 Å². The molecule has 2 fully saturated rings. The van der Waals surface area contributed by atoms with Crippen LogP contribution in [0.1, 0.15) is 64.2 Å². The van der Waals surface area contributed by atoms with E-state index < -0.39 is 10.0 Å². The van der Waals surface area contributed by atoms with Gasteiger partial charge in [0.05, 0.1) is 16.5 Å². The molecule has 2 aromatic carbocycles. The average Bonchev–Trinajstić information content (AvgIpc) is 3.19. The van der Waals surface area contributed by atoms with Crippen molar-refractivity contribution in [3.8, 4) is 5.69 Å². The number of anilines is 1.